The summed E-state index contributed by atoms with van der Waals surface area (Å²) >= 11 is 0. The lowest BCUT2D eigenvalue weighted by Crippen LogP contribution is -1.90. The molecule has 78 valence electrons. The van der Waals surface area contributed by atoms with Crippen molar-refractivity contribution in [1.29, 1.82) is 0 Å². The number of aromatic nitrogens is 2. The topological polar surface area (TPSA) is 48.9 Å². The SMILES string of the molecule is Cc1cccc(-c2ncc(CCO)[nH]2)c1. The Morgan fingerprint density at radius 1 is 1.40 bits per heavy atom. The van der Waals surface area contributed by atoms with Gasteiger partial charge in [-0.25, -0.2) is 4.98 Å². The summed E-state index contributed by atoms with van der Waals surface area (Å²) in [7, 11) is 0. The van der Waals surface area contributed by atoms with Crippen LogP contribution in [0.15, 0.2) is 30.5 Å². The van der Waals surface area contributed by atoms with Crippen molar-refractivity contribution in [2.24, 2.45) is 0 Å². The molecule has 0 spiro atoms. The lowest BCUT2D eigenvalue weighted by Gasteiger charge is -1.98. The van der Waals surface area contributed by atoms with Crippen LogP contribution in [0.25, 0.3) is 11.4 Å². The number of hydrogen-bond donors (Lipinski definition) is 2. The molecule has 2 N–H and O–H groups in total. The third-order valence-corrected chi connectivity index (χ3v) is 2.30. The van der Waals surface area contributed by atoms with Crippen LogP contribution >= 0.6 is 0 Å². The largest absolute Gasteiger partial charge is 0.396 e. The Morgan fingerprint density at radius 2 is 2.27 bits per heavy atom. The summed E-state index contributed by atoms with van der Waals surface area (Å²) in [5, 5.41) is 8.80. The molecule has 15 heavy (non-hydrogen) atoms. The molecule has 2 aromatic rings. The summed E-state index contributed by atoms with van der Waals surface area (Å²) in [6, 6.07) is 8.18. The molecule has 3 nitrogen and oxygen atoms in total. The molecule has 0 aliphatic heterocycles. The normalized spacial score (nSPS) is 10.5. The van der Waals surface area contributed by atoms with Gasteiger partial charge in [-0.1, -0.05) is 23.8 Å². The first-order valence-electron chi connectivity index (χ1n) is 5.01. The number of aliphatic hydroxyl groups is 1. The van der Waals surface area contributed by atoms with Gasteiger partial charge in [0, 0.05) is 30.5 Å². The number of H-pyrrole nitrogens is 1. The van der Waals surface area contributed by atoms with Crippen LogP contribution in [0.2, 0.25) is 0 Å². The molecule has 0 unspecified atom stereocenters. The maximum Gasteiger partial charge on any atom is 0.137 e. The Kier molecular flexibility index (Phi) is 2.83. The van der Waals surface area contributed by atoms with Crippen LogP contribution in [0.3, 0.4) is 0 Å². The highest BCUT2D eigenvalue weighted by Gasteiger charge is 2.02. The van der Waals surface area contributed by atoms with E-state index in [1.165, 1.54) is 5.56 Å². The highest BCUT2D eigenvalue weighted by molar-refractivity contribution is 5.56. The average molecular weight is 202 g/mol. The van der Waals surface area contributed by atoms with Crippen molar-refractivity contribution >= 4 is 0 Å². The van der Waals surface area contributed by atoms with Gasteiger partial charge in [0.05, 0.1) is 0 Å². The quantitative estimate of drug-likeness (QED) is 0.798. The van der Waals surface area contributed by atoms with Crippen molar-refractivity contribution in [1.82, 2.24) is 9.97 Å². The van der Waals surface area contributed by atoms with Crippen molar-refractivity contribution in [3.05, 3.63) is 41.7 Å². The van der Waals surface area contributed by atoms with Crippen molar-refractivity contribution in [3.63, 3.8) is 0 Å². The summed E-state index contributed by atoms with van der Waals surface area (Å²) in [6.45, 7) is 2.20. The zero-order chi connectivity index (χ0) is 10.7. The molecule has 0 saturated heterocycles. The summed E-state index contributed by atoms with van der Waals surface area (Å²) in [5.41, 5.74) is 3.26. The van der Waals surface area contributed by atoms with Gasteiger partial charge in [0.1, 0.15) is 5.82 Å². The molecule has 2 rings (SSSR count). The number of imidazole rings is 1. The van der Waals surface area contributed by atoms with Crippen LogP contribution < -0.4 is 0 Å². The molecule has 1 heterocycles. The second kappa shape index (κ2) is 4.28. The smallest absolute Gasteiger partial charge is 0.137 e. The highest BCUT2D eigenvalue weighted by Crippen LogP contribution is 2.16. The number of nitrogens with zero attached hydrogens (tertiary/aromatic N) is 1. The summed E-state index contributed by atoms with van der Waals surface area (Å²) in [6.07, 6.45) is 2.40. The number of rotatable bonds is 3. The van der Waals surface area contributed by atoms with E-state index in [0.717, 1.165) is 17.1 Å². The van der Waals surface area contributed by atoms with Gasteiger partial charge in [0.2, 0.25) is 0 Å². The molecule has 0 radical (unpaired) electrons. The Bertz CT molecular complexity index is 448. The fraction of sp³-hybridized carbons (Fsp3) is 0.250. The van der Waals surface area contributed by atoms with Crippen LogP contribution in [0, 0.1) is 6.92 Å². The molecule has 0 atom stereocenters. The minimum absolute atomic E-state index is 0.148. The zero-order valence-electron chi connectivity index (χ0n) is 8.70. The van der Waals surface area contributed by atoms with Gasteiger partial charge in [0.25, 0.3) is 0 Å². The molecule has 0 aliphatic rings. The van der Waals surface area contributed by atoms with Crippen LogP contribution in [-0.2, 0) is 6.42 Å². The number of aryl methyl sites for hydroxylation is 1. The first-order valence-corrected chi connectivity index (χ1v) is 5.01. The van der Waals surface area contributed by atoms with Gasteiger partial charge < -0.3 is 10.1 Å². The molecule has 0 saturated carbocycles. The van der Waals surface area contributed by atoms with E-state index in [0.29, 0.717) is 6.42 Å². The van der Waals surface area contributed by atoms with Crippen molar-refractivity contribution in [2.45, 2.75) is 13.3 Å². The minimum atomic E-state index is 0.148. The van der Waals surface area contributed by atoms with E-state index in [4.69, 9.17) is 5.11 Å². The Balaban J connectivity index is 2.29. The van der Waals surface area contributed by atoms with Crippen LogP contribution in [0.5, 0.6) is 0 Å². The molecule has 0 amide bonds. The second-order valence-electron chi connectivity index (χ2n) is 3.60. The van der Waals surface area contributed by atoms with Gasteiger partial charge in [-0.3, -0.25) is 0 Å². The first-order chi connectivity index (χ1) is 7.29. The summed E-state index contributed by atoms with van der Waals surface area (Å²) in [4.78, 5) is 7.47. The van der Waals surface area contributed by atoms with Gasteiger partial charge in [-0.15, -0.1) is 0 Å². The maximum absolute atomic E-state index is 8.80. The number of hydrogen-bond acceptors (Lipinski definition) is 2. The lowest BCUT2D eigenvalue weighted by atomic mass is 10.1. The zero-order valence-corrected chi connectivity index (χ0v) is 8.70. The Morgan fingerprint density at radius 3 is 3.00 bits per heavy atom. The third-order valence-electron chi connectivity index (χ3n) is 2.30. The van der Waals surface area contributed by atoms with Gasteiger partial charge >= 0.3 is 0 Å². The average Bonchev–Trinajstić information content (AvgIpc) is 2.67. The fourth-order valence-corrected chi connectivity index (χ4v) is 1.55. The number of benzene rings is 1. The van der Waals surface area contributed by atoms with Crippen LogP contribution in [0.1, 0.15) is 11.3 Å². The maximum atomic E-state index is 8.80. The molecule has 0 fully saturated rings. The molecular formula is C12H14N2O. The van der Waals surface area contributed by atoms with Crippen LogP contribution in [0.4, 0.5) is 0 Å². The predicted octanol–water partition coefficient (Wildman–Crippen LogP) is 1.92. The Hall–Kier alpha value is -1.61. The van der Waals surface area contributed by atoms with Gasteiger partial charge in [-0.05, 0) is 13.0 Å². The van der Waals surface area contributed by atoms with E-state index in [1.54, 1.807) is 6.20 Å². The van der Waals surface area contributed by atoms with Crippen molar-refractivity contribution < 1.29 is 5.11 Å². The van der Waals surface area contributed by atoms with Crippen molar-refractivity contribution in [3.8, 4) is 11.4 Å². The Labute approximate surface area is 88.8 Å². The monoisotopic (exact) mass is 202 g/mol. The molecule has 3 heteroatoms. The van der Waals surface area contributed by atoms with E-state index in [9.17, 15) is 0 Å². The number of aliphatic hydroxyl groups excluding tert-OH is 1. The van der Waals surface area contributed by atoms with E-state index in [2.05, 4.69) is 29.0 Å². The second-order valence-corrected chi connectivity index (χ2v) is 3.60. The highest BCUT2D eigenvalue weighted by atomic mass is 16.3. The predicted molar refractivity (Wildman–Crippen MR) is 59.6 cm³/mol. The first kappa shape index (κ1) is 9.93. The molecule has 0 bridgehead atoms. The van der Waals surface area contributed by atoms with E-state index in [1.807, 2.05) is 12.1 Å². The van der Waals surface area contributed by atoms with Gasteiger partial charge in [-0.2, -0.15) is 0 Å². The summed E-state index contributed by atoms with van der Waals surface area (Å²) in [5.74, 6) is 0.863. The summed E-state index contributed by atoms with van der Waals surface area (Å²) < 4.78 is 0. The fourth-order valence-electron chi connectivity index (χ4n) is 1.55. The molecule has 0 aliphatic carbocycles. The van der Waals surface area contributed by atoms with Crippen LogP contribution in [-0.4, -0.2) is 21.7 Å². The lowest BCUT2D eigenvalue weighted by molar-refractivity contribution is 0.298. The standard InChI is InChI=1S/C12H14N2O/c1-9-3-2-4-10(7-9)12-13-8-11(14-12)5-6-15/h2-4,7-8,15H,5-6H2,1H3,(H,13,14). The van der Waals surface area contributed by atoms with Crippen molar-refractivity contribution in [2.75, 3.05) is 6.61 Å². The van der Waals surface area contributed by atoms with E-state index < -0.39 is 0 Å². The molecule has 1 aromatic carbocycles. The van der Waals surface area contributed by atoms with E-state index in [-0.39, 0.29) is 6.61 Å². The number of nitrogens with one attached hydrogen (secondary N) is 1. The van der Waals surface area contributed by atoms with E-state index >= 15 is 0 Å². The minimum Gasteiger partial charge on any atom is -0.396 e. The molecule has 1 aromatic heterocycles. The third kappa shape index (κ3) is 2.25. The van der Waals surface area contributed by atoms with Gasteiger partial charge in [0.15, 0.2) is 0 Å². The molecular weight excluding hydrogens is 188 g/mol. The number of aromatic amines is 1.